The Hall–Kier alpha value is -2.89. The zero-order valence-electron chi connectivity index (χ0n) is 11.5. The molecule has 0 aliphatic heterocycles. The van der Waals surface area contributed by atoms with Gasteiger partial charge in [-0.15, -0.1) is 0 Å². The van der Waals surface area contributed by atoms with E-state index in [1.165, 1.54) is 12.3 Å². The molecule has 1 heterocycles. The van der Waals surface area contributed by atoms with E-state index in [1.54, 1.807) is 30.5 Å². The Kier molecular flexibility index (Phi) is 4.50. The molecule has 1 aromatic heterocycles. The minimum absolute atomic E-state index is 0.193. The summed E-state index contributed by atoms with van der Waals surface area (Å²) in [5.74, 6) is -0.488. The summed E-state index contributed by atoms with van der Waals surface area (Å²) in [6, 6.07) is 8.03. The highest BCUT2D eigenvalue weighted by molar-refractivity contribution is 6.08. The Balaban J connectivity index is 2.27. The number of benzene rings is 1. The number of nitrogens with one attached hydrogen (secondary N) is 1. The van der Waals surface area contributed by atoms with Crippen LogP contribution in [0.15, 0.2) is 42.7 Å². The summed E-state index contributed by atoms with van der Waals surface area (Å²) >= 11 is 0. The number of aromatic nitrogens is 1. The highest BCUT2D eigenvalue weighted by atomic mass is 16.5. The van der Waals surface area contributed by atoms with Crippen LogP contribution in [0.3, 0.4) is 0 Å². The summed E-state index contributed by atoms with van der Waals surface area (Å²) < 4.78 is 5.31. The van der Waals surface area contributed by atoms with E-state index in [9.17, 15) is 9.59 Å². The van der Waals surface area contributed by atoms with Gasteiger partial charge in [-0.2, -0.15) is 0 Å². The minimum atomic E-state index is -0.641. The number of carbonyl (C=O) groups is 2. The number of nitrogens with zero attached hydrogens (tertiary/aromatic N) is 1. The third-order valence-corrected chi connectivity index (χ3v) is 2.74. The number of hydrogen-bond donors (Lipinski definition) is 2. The normalized spacial score (nSPS) is 9.95. The van der Waals surface area contributed by atoms with Crippen LogP contribution in [0.4, 0.5) is 5.69 Å². The van der Waals surface area contributed by atoms with Gasteiger partial charge in [0.05, 0.1) is 23.4 Å². The number of amides is 2. The molecule has 108 valence electrons. The van der Waals surface area contributed by atoms with Crippen molar-refractivity contribution in [2.75, 3.05) is 11.9 Å². The topological polar surface area (TPSA) is 94.3 Å². The number of anilines is 1. The number of ether oxygens (including phenoxy) is 1. The summed E-state index contributed by atoms with van der Waals surface area (Å²) in [6.45, 7) is 2.31. The quantitative estimate of drug-likeness (QED) is 0.876. The molecule has 0 atom stereocenters. The zero-order valence-corrected chi connectivity index (χ0v) is 11.5. The van der Waals surface area contributed by atoms with E-state index in [2.05, 4.69) is 10.3 Å². The second kappa shape index (κ2) is 6.51. The maximum Gasteiger partial charge on any atom is 0.257 e. The second-order valence-corrected chi connectivity index (χ2v) is 4.20. The van der Waals surface area contributed by atoms with Crippen molar-refractivity contribution in [3.63, 3.8) is 0 Å². The molecule has 0 aliphatic carbocycles. The molecular formula is C15H15N3O3. The summed E-state index contributed by atoms with van der Waals surface area (Å²) in [4.78, 5) is 27.4. The second-order valence-electron chi connectivity index (χ2n) is 4.20. The molecule has 2 amide bonds. The predicted octanol–water partition coefficient (Wildman–Crippen LogP) is 1.83. The minimum Gasteiger partial charge on any atom is -0.494 e. The Bertz CT molecular complexity index is 656. The molecule has 0 radical (unpaired) electrons. The Morgan fingerprint density at radius 2 is 2.14 bits per heavy atom. The maximum atomic E-state index is 12.1. The van der Waals surface area contributed by atoms with Crippen LogP contribution in [0, 0.1) is 0 Å². The van der Waals surface area contributed by atoms with Crippen LogP contribution in [-0.4, -0.2) is 23.4 Å². The first-order valence-corrected chi connectivity index (χ1v) is 6.40. The van der Waals surface area contributed by atoms with Crippen LogP contribution >= 0.6 is 0 Å². The van der Waals surface area contributed by atoms with Crippen molar-refractivity contribution in [2.45, 2.75) is 6.92 Å². The molecule has 0 fully saturated rings. The van der Waals surface area contributed by atoms with E-state index in [0.29, 0.717) is 23.6 Å². The lowest BCUT2D eigenvalue weighted by atomic mass is 10.1. The SMILES string of the molecule is CCOc1ccc(NC(=O)c2cccnc2)c(C(N)=O)c1. The van der Waals surface area contributed by atoms with Crippen LogP contribution in [0.1, 0.15) is 27.6 Å². The third kappa shape index (κ3) is 3.56. The van der Waals surface area contributed by atoms with Gasteiger partial charge in [0, 0.05) is 12.4 Å². The van der Waals surface area contributed by atoms with Gasteiger partial charge in [0.1, 0.15) is 5.75 Å². The van der Waals surface area contributed by atoms with Crippen molar-refractivity contribution in [1.82, 2.24) is 4.98 Å². The Labute approximate surface area is 121 Å². The monoisotopic (exact) mass is 285 g/mol. The fraction of sp³-hybridized carbons (Fsp3) is 0.133. The number of rotatable bonds is 5. The number of carbonyl (C=O) groups excluding carboxylic acids is 2. The number of primary amides is 1. The first kappa shape index (κ1) is 14.5. The molecule has 21 heavy (non-hydrogen) atoms. The largest absolute Gasteiger partial charge is 0.494 e. The summed E-state index contributed by atoms with van der Waals surface area (Å²) in [7, 11) is 0. The number of hydrogen-bond acceptors (Lipinski definition) is 4. The summed E-state index contributed by atoms with van der Waals surface area (Å²) in [5.41, 5.74) is 6.25. The van der Waals surface area contributed by atoms with E-state index in [-0.39, 0.29) is 11.5 Å². The van der Waals surface area contributed by atoms with Crippen LogP contribution in [0.25, 0.3) is 0 Å². The van der Waals surface area contributed by atoms with Gasteiger partial charge in [0.15, 0.2) is 0 Å². The molecule has 6 nitrogen and oxygen atoms in total. The molecule has 0 saturated heterocycles. The highest BCUT2D eigenvalue weighted by Gasteiger charge is 2.13. The highest BCUT2D eigenvalue weighted by Crippen LogP contribution is 2.22. The first-order valence-electron chi connectivity index (χ1n) is 6.40. The molecule has 2 rings (SSSR count). The standard InChI is InChI=1S/C15H15N3O3/c1-2-21-11-5-6-13(12(8-11)14(16)19)18-15(20)10-4-3-7-17-9-10/h3-9H,2H2,1H3,(H2,16,19)(H,18,20). The molecule has 0 spiro atoms. The molecule has 0 unspecified atom stereocenters. The Morgan fingerprint density at radius 1 is 1.33 bits per heavy atom. The molecule has 0 aliphatic rings. The van der Waals surface area contributed by atoms with Crippen molar-refractivity contribution in [1.29, 1.82) is 0 Å². The molecule has 2 aromatic rings. The van der Waals surface area contributed by atoms with Crippen LogP contribution in [0.2, 0.25) is 0 Å². The van der Waals surface area contributed by atoms with Crippen molar-refractivity contribution in [3.05, 3.63) is 53.9 Å². The van der Waals surface area contributed by atoms with Crippen LogP contribution in [-0.2, 0) is 0 Å². The molecule has 1 aromatic carbocycles. The lowest BCUT2D eigenvalue weighted by Gasteiger charge is -2.11. The predicted molar refractivity (Wildman–Crippen MR) is 78.3 cm³/mol. The number of nitrogens with two attached hydrogens (primary N) is 1. The average molecular weight is 285 g/mol. The van der Waals surface area contributed by atoms with E-state index >= 15 is 0 Å². The van der Waals surface area contributed by atoms with Gasteiger partial charge in [-0.05, 0) is 37.3 Å². The average Bonchev–Trinajstić information content (AvgIpc) is 2.49. The van der Waals surface area contributed by atoms with Gasteiger partial charge in [0.25, 0.3) is 11.8 Å². The van der Waals surface area contributed by atoms with Gasteiger partial charge in [-0.25, -0.2) is 0 Å². The molecular weight excluding hydrogens is 270 g/mol. The maximum absolute atomic E-state index is 12.1. The van der Waals surface area contributed by atoms with E-state index in [0.717, 1.165) is 0 Å². The van der Waals surface area contributed by atoms with Crippen molar-refractivity contribution >= 4 is 17.5 Å². The lowest BCUT2D eigenvalue weighted by molar-refractivity contribution is 0.100. The van der Waals surface area contributed by atoms with Crippen molar-refractivity contribution in [2.24, 2.45) is 5.73 Å². The van der Waals surface area contributed by atoms with E-state index in [4.69, 9.17) is 10.5 Å². The van der Waals surface area contributed by atoms with Gasteiger partial charge in [0.2, 0.25) is 0 Å². The zero-order chi connectivity index (χ0) is 15.2. The number of pyridine rings is 1. The van der Waals surface area contributed by atoms with Crippen LogP contribution < -0.4 is 15.8 Å². The van der Waals surface area contributed by atoms with Crippen molar-refractivity contribution in [3.8, 4) is 5.75 Å². The molecule has 3 N–H and O–H groups in total. The summed E-state index contributed by atoms with van der Waals surface area (Å²) in [6.07, 6.45) is 3.01. The molecule has 6 heteroatoms. The summed E-state index contributed by atoms with van der Waals surface area (Å²) in [5, 5.41) is 2.64. The Morgan fingerprint density at radius 3 is 2.76 bits per heavy atom. The smallest absolute Gasteiger partial charge is 0.257 e. The molecule has 0 saturated carbocycles. The fourth-order valence-electron chi connectivity index (χ4n) is 1.78. The van der Waals surface area contributed by atoms with Crippen LogP contribution in [0.5, 0.6) is 5.75 Å². The third-order valence-electron chi connectivity index (χ3n) is 2.74. The van der Waals surface area contributed by atoms with Gasteiger partial charge >= 0.3 is 0 Å². The molecule has 0 bridgehead atoms. The van der Waals surface area contributed by atoms with Gasteiger partial charge in [-0.1, -0.05) is 0 Å². The first-order chi connectivity index (χ1) is 10.1. The van der Waals surface area contributed by atoms with Crippen molar-refractivity contribution < 1.29 is 14.3 Å². The van der Waals surface area contributed by atoms with Gasteiger partial charge in [-0.3, -0.25) is 14.6 Å². The van der Waals surface area contributed by atoms with E-state index in [1.807, 2.05) is 6.92 Å². The fourth-order valence-corrected chi connectivity index (χ4v) is 1.78. The van der Waals surface area contributed by atoms with E-state index < -0.39 is 5.91 Å². The lowest BCUT2D eigenvalue weighted by Crippen LogP contribution is -2.18. The van der Waals surface area contributed by atoms with Gasteiger partial charge < -0.3 is 15.8 Å².